The fourth-order valence-electron chi connectivity index (χ4n) is 1.31. The Bertz CT molecular complexity index is 468. The molecule has 0 spiro atoms. The molecule has 0 aliphatic rings. The summed E-state index contributed by atoms with van der Waals surface area (Å²) in [4.78, 5) is 4.34. The fraction of sp³-hybridized carbons (Fsp3) is 0.154. The van der Waals surface area contributed by atoms with Gasteiger partial charge in [-0.05, 0) is 30.2 Å². The van der Waals surface area contributed by atoms with Gasteiger partial charge in [0.05, 0.1) is 5.03 Å². The monoisotopic (exact) mass is 249 g/mol. The molecule has 0 saturated heterocycles. The van der Waals surface area contributed by atoms with E-state index in [2.05, 4.69) is 11.1 Å². The Morgan fingerprint density at radius 3 is 2.69 bits per heavy atom. The van der Waals surface area contributed by atoms with Gasteiger partial charge in [-0.3, -0.25) is 0 Å². The molecular weight excluding hydrogens is 238 g/mol. The van der Waals surface area contributed by atoms with Gasteiger partial charge in [0.15, 0.2) is 0 Å². The van der Waals surface area contributed by atoms with E-state index >= 15 is 0 Å². The molecule has 2 rings (SSSR count). The van der Waals surface area contributed by atoms with Gasteiger partial charge in [0.25, 0.3) is 0 Å². The first-order valence-electron chi connectivity index (χ1n) is 5.04. The van der Waals surface area contributed by atoms with Crippen LogP contribution in [-0.2, 0) is 5.75 Å². The van der Waals surface area contributed by atoms with E-state index in [1.807, 2.05) is 43.5 Å². The number of hydrogen-bond donors (Lipinski definition) is 0. The molecule has 1 heterocycles. The second-order valence-corrected chi connectivity index (χ2v) is 4.96. The zero-order valence-electron chi connectivity index (χ0n) is 8.98. The molecule has 0 atom stereocenters. The molecule has 1 nitrogen and oxygen atoms in total. The van der Waals surface area contributed by atoms with Crippen LogP contribution in [0.5, 0.6) is 0 Å². The Balaban J connectivity index is 2.02. The van der Waals surface area contributed by atoms with Crippen molar-refractivity contribution in [2.45, 2.75) is 17.7 Å². The number of pyridine rings is 1. The number of halogens is 1. The van der Waals surface area contributed by atoms with Gasteiger partial charge in [-0.1, -0.05) is 35.9 Å². The van der Waals surface area contributed by atoms with E-state index in [9.17, 15) is 0 Å². The summed E-state index contributed by atoms with van der Waals surface area (Å²) in [6.45, 7) is 2.04. The van der Waals surface area contributed by atoms with Gasteiger partial charge in [-0.2, -0.15) is 0 Å². The van der Waals surface area contributed by atoms with E-state index in [1.165, 1.54) is 5.56 Å². The highest BCUT2D eigenvalue weighted by Crippen LogP contribution is 2.25. The minimum atomic E-state index is 0.821. The highest BCUT2D eigenvalue weighted by Gasteiger charge is 2.00. The Kier molecular flexibility index (Phi) is 3.86. The molecular formula is C13H12ClNS. The van der Waals surface area contributed by atoms with Crippen LogP contribution in [0.2, 0.25) is 5.02 Å². The van der Waals surface area contributed by atoms with Crippen molar-refractivity contribution in [2.24, 2.45) is 0 Å². The van der Waals surface area contributed by atoms with Crippen LogP contribution in [0.3, 0.4) is 0 Å². The van der Waals surface area contributed by atoms with Crippen LogP contribution >= 0.6 is 23.4 Å². The van der Waals surface area contributed by atoms with Crippen LogP contribution in [0.25, 0.3) is 0 Å². The topological polar surface area (TPSA) is 12.9 Å². The zero-order chi connectivity index (χ0) is 11.4. The van der Waals surface area contributed by atoms with E-state index in [0.29, 0.717) is 0 Å². The number of nitrogens with zero attached hydrogens (tertiary/aromatic N) is 1. The largest absolute Gasteiger partial charge is 0.250 e. The Morgan fingerprint density at radius 2 is 2.00 bits per heavy atom. The molecule has 82 valence electrons. The first-order chi connectivity index (χ1) is 7.75. The molecule has 16 heavy (non-hydrogen) atoms. The third kappa shape index (κ3) is 3.00. The second kappa shape index (κ2) is 5.37. The van der Waals surface area contributed by atoms with Crippen LogP contribution < -0.4 is 0 Å². The number of thioether (sulfide) groups is 1. The van der Waals surface area contributed by atoms with E-state index in [0.717, 1.165) is 21.4 Å². The van der Waals surface area contributed by atoms with Gasteiger partial charge in [-0.25, -0.2) is 4.98 Å². The molecule has 0 aliphatic heterocycles. The Morgan fingerprint density at radius 1 is 1.19 bits per heavy atom. The highest BCUT2D eigenvalue weighted by atomic mass is 35.5. The number of aromatic nitrogens is 1. The molecule has 0 N–H and O–H groups in total. The molecule has 0 radical (unpaired) electrons. The third-order valence-corrected chi connectivity index (χ3v) is 3.58. The molecule has 1 aromatic heterocycles. The maximum absolute atomic E-state index is 6.08. The van der Waals surface area contributed by atoms with Gasteiger partial charge in [0.1, 0.15) is 0 Å². The van der Waals surface area contributed by atoms with Crippen molar-refractivity contribution in [3.05, 3.63) is 58.7 Å². The number of rotatable bonds is 3. The first-order valence-corrected chi connectivity index (χ1v) is 6.41. The first kappa shape index (κ1) is 11.5. The lowest BCUT2D eigenvalue weighted by molar-refractivity contribution is 1.11. The Hall–Kier alpha value is -0.990. The minimum absolute atomic E-state index is 0.821. The maximum atomic E-state index is 6.08. The van der Waals surface area contributed by atoms with Crippen molar-refractivity contribution in [2.75, 3.05) is 0 Å². The lowest BCUT2D eigenvalue weighted by atomic mass is 10.2. The summed E-state index contributed by atoms with van der Waals surface area (Å²) in [5.41, 5.74) is 2.33. The standard InChI is InChI=1S/C13H12ClNS/c1-10-6-7-13(15-8-10)16-9-11-4-2-3-5-12(11)14/h2-8H,9H2,1H3. The van der Waals surface area contributed by atoms with Crippen LogP contribution in [0, 0.1) is 6.92 Å². The minimum Gasteiger partial charge on any atom is -0.250 e. The average molecular weight is 250 g/mol. The van der Waals surface area contributed by atoms with Gasteiger partial charge in [0, 0.05) is 17.0 Å². The number of hydrogen-bond acceptors (Lipinski definition) is 2. The normalized spacial score (nSPS) is 10.4. The predicted octanol–water partition coefficient (Wildman–Crippen LogP) is 4.34. The van der Waals surface area contributed by atoms with E-state index in [4.69, 9.17) is 11.6 Å². The summed E-state index contributed by atoms with van der Waals surface area (Å²) in [5.74, 6) is 0.857. The van der Waals surface area contributed by atoms with Crippen molar-refractivity contribution >= 4 is 23.4 Å². The van der Waals surface area contributed by atoms with Gasteiger partial charge >= 0.3 is 0 Å². The molecule has 0 aliphatic carbocycles. The maximum Gasteiger partial charge on any atom is 0.0963 e. The summed E-state index contributed by atoms with van der Waals surface area (Å²) in [6.07, 6.45) is 1.88. The van der Waals surface area contributed by atoms with Crippen molar-refractivity contribution in [1.82, 2.24) is 4.98 Å². The quantitative estimate of drug-likeness (QED) is 0.751. The molecule has 1 aromatic carbocycles. The van der Waals surface area contributed by atoms with Crippen molar-refractivity contribution < 1.29 is 0 Å². The van der Waals surface area contributed by atoms with Crippen molar-refractivity contribution in [3.8, 4) is 0 Å². The lowest BCUT2D eigenvalue weighted by Gasteiger charge is -2.03. The molecule has 0 unspecified atom stereocenters. The Labute approximate surface area is 105 Å². The molecule has 0 fully saturated rings. The molecule has 0 amide bonds. The molecule has 3 heteroatoms. The predicted molar refractivity (Wildman–Crippen MR) is 70.0 cm³/mol. The zero-order valence-corrected chi connectivity index (χ0v) is 10.6. The third-order valence-electron chi connectivity index (χ3n) is 2.22. The second-order valence-electron chi connectivity index (χ2n) is 3.55. The van der Waals surface area contributed by atoms with Crippen LogP contribution in [0.4, 0.5) is 0 Å². The summed E-state index contributed by atoms with van der Waals surface area (Å²) in [7, 11) is 0. The fourth-order valence-corrected chi connectivity index (χ4v) is 2.44. The van der Waals surface area contributed by atoms with Crippen molar-refractivity contribution in [1.29, 1.82) is 0 Å². The van der Waals surface area contributed by atoms with E-state index < -0.39 is 0 Å². The van der Waals surface area contributed by atoms with Crippen LogP contribution in [0.15, 0.2) is 47.6 Å². The molecule has 2 aromatic rings. The van der Waals surface area contributed by atoms with Gasteiger partial charge in [0.2, 0.25) is 0 Å². The summed E-state index contributed by atoms with van der Waals surface area (Å²) < 4.78 is 0. The average Bonchev–Trinajstić information content (AvgIpc) is 2.30. The van der Waals surface area contributed by atoms with Crippen molar-refractivity contribution in [3.63, 3.8) is 0 Å². The van der Waals surface area contributed by atoms with Crippen LogP contribution in [0.1, 0.15) is 11.1 Å². The number of benzene rings is 1. The molecule has 0 saturated carbocycles. The molecule has 0 bridgehead atoms. The smallest absolute Gasteiger partial charge is 0.0963 e. The summed E-state index contributed by atoms with van der Waals surface area (Å²) in [5, 5.41) is 1.85. The van der Waals surface area contributed by atoms with E-state index in [1.54, 1.807) is 11.8 Å². The SMILES string of the molecule is Cc1ccc(SCc2ccccc2Cl)nc1. The van der Waals surface area contributed by atoms with Crippen LogP contribution in [-0.4, -0.2) is 4.98 Å². The van der Waals surface area contributed by atoms with Gasteiger partial charge in [-0.15, -0.1) is 11.8 Å². The highest BCUT2D eigenvalue weighted by molar-refractivity contribution is 7.98. The van der Waals surface area contributed by atoms with Gasteiger partial charge < -0.3 is 0 Å². The number of aryl methyl sites for hydroxylation is 1. The summed E-state index contributed by atoms with van der Waals surface area (Å²) >= 11 is 7.78. The lowest BCUT2D eigenvalue weighted by Crippen LogP contribution is -1.84. The van der Waals surface area contributed by atoms with E-state index in [-0.39, 0.29) is 0 Å². The summed E-state index contributed by atoms with van der Waals surface area (Å²) in [6, 6.07) is 12.0.